The molecule has 4 nitrogen and oxygen atoms in total. The van der Waals surface area contributed by atoms with Gasteiger partial charge in [-0.25, -0.2) is 0 Å². The summed E-state index contributed by atoms with van der Waals surface area (Å²) in [4.78, 5) is 26.4. The van der Waals surface area contributed by atoms with Crippen LogP contribution in [0.1, 0.15) is 47.5 Å². The van der Waals surface area contributed by atoms with Crippen molar-refractivity contribution in [3.8, 4) is 0 Å². The normalized spacial score (nSPS) is 24.9. The molecular weight excluding hydrogens is 228 g/mol. The van der Waals surface area contributed by atoms with E-state index in [1.807, 2.05) is 20.8 Å². The number of carbonyl (C=O) groups is 2. The molecule has 104 valence electrons. The number of piperazine rings is 1. The van der Waals surface area contributed by atoms with Crippen LogP contribution in [0.4, 0.5) is 0 Å². The van der Waals surface area contributed by atoms with Crippen molar-refractivity contribution in [2.75, 3.05) is 6.54 Å². The number of amides is 2. The Kier molecular flexibility index (Phi) is 5.17. The first-order valence-corrected chi connectivity index (χ1v) is 6.99. The first kappa shape index (κ1) is 15.0. The van der Waals surface area contributed by atoms with Gasteiger partial charge in [0.05, 0.1) is 0 Å². The third kappa shape index (κ3) is 3.24. The van der Waals surface area contributed by atoms with Gasteiger partial charge in [0.1, 0.15) is 12.1 Å². The predicted molar refractivity (Wildman–Crippen MR) is 72.0 cm³/mol. The first-order valence-electron chi connectivity index (χ1n) is 6.99. The number of nitrogens with zero attached hydrogens (tertiary/aromatic N) is 1. The lowest BCUT2D eigenvalue weighted by molar-refractivity contribution is -0.151. The van der Waals surface area contributed by atoms with E-state index in [0.29, 0.717) is 12.5 Å². The average molecular weight is 254 g/mol. The average Bonchev–Trinajstić information content (AvgIpc) is 2.27. The second-order valence-electron chi connectivity index (χ2n) is 5.91. The summed E-state index contributed by atoms with van der Waals surface area (Å²) in [6.45, 7) is 10.8. The fourth-order valence-corrected chi connectivity index (χ4v) is 2.42. The monoisotopic (exact) mass is 254 g/mol. The molecule has 0 radical (unpaired) electrons. The molecule has 2 amide bonds. The first-order chi connectivity index (χ1) is 8.38. The molecule has 1 rings (SSSR count). The maximum atomic E-state index is 12.4. The van der Waals surface area contributed by atoms with Crippen LogP contribution in [-0.2, 0) is 9.59 Å². The van der Waals surface area contributed by atoms with Gasteiger partial charge in [0.15, 0.2) is 0 Å². The Balaban J connectivity index is 2.91. The van der Waals surface area contributed by atoms with Crippen molar-refractivity contribution in [1.82, 2.24) is 10.2 Å². The highest BCUT2D eigenvalue weighted by Crippen LogP contribution is 2.20. The summed E-state index contributed by atoms with van der Waals surface area (Å²) < 4.78 is 0. The molecule has 0 aromatic heterocycles. The van der Waals surface area contributed by atoms with Gasteiger partial charge in [0.2, 0.25) is 11.8 Å². The van der Waals surface area contributed by atoms with E-state index in [1.54, 1.807) is 4.90 Å². The molecule has 0 spiro atoms. The highest BCUT2D eigenvalue weighted by molar-refractivity contribution is 5.97. The molecule has 1 saturated heterocycles. The Morgan fingerprint density at radius 2 is 1.83 bits per heavy atom. The minimum Gasteiger partial charge on any atom is -0.342 e. The second-order valence-corrected chi connectivity index (χ2v) is 5.91. The van der Waals surface area contributed by atoms with Gasteiger partial charge in [-0.2, -0.15) is 0 Å². The topological polar surface area (TPSA) is 49.4 Å². The summed E-state index contributed by atoms with van der Waals surface area (Å²) in [5, 5.41) is 2.88. The molecule has 2 unspecified atom stereocenters. The number of hydrogen-bond donors (Lipinski definition) is 1. The number of nitrogens with one attached hydrogen (secondary N) is 1. The van der Waals surface area contributed by atoms with Gasteiger partial charge < -0.3 is 10.2 Å². The fraction of sp³-hybridized carbons (Fsp3) is 0.857. The summed E-state index contributed by atoms with van der Waals surface area (Å²) in [5.41, 5.74) is 0. The van der Waals surface area contributed by atoms with Gasteiger partial charge in [0.25, 0.3) is 0 Å². The van der Waals surface area contributed by atoms with E-state index in [4.69, 9.17) is 0 Å². The van der Waals surface area contributed by atoms with Crippen LogP contribution in [-0.4, -0.2) is 35.3 Å². The van der Waals surface area contributed by atoms with Gasteiger partial charge in [-0.1, -0.05) is 34.6 Å². The Hall–Kier alpha value is -1.06. The van der Waals surface area contributed by atoms with Gasteiger partial charge in [0, 0.05) is 6.54 Å². The van der Waals surface area contributed by atoms with Crippen LogP contribution in [0, 0.1) is 11.8 Å². The molecule has 0 aromatic carbocycles. The zero-order valence-corrected chi connectivity index (χ0v) is 12.2. The van der Waals surface area contributed by atoms with E-state index in [1.165, 1.54) is 0 Å². The summed E-state index contributed by atoms with van der Waals surface area (Å²) in [6, 6.07) is -0.639. The van der Waals surface area contributed by atoms with Crippen molar-refractivity contribution in [3.05, 3.63) is 0 Å². The van der Waals surface area contributed by atoms with Gasteiger partial charge >= 0.3 is 0 Å². The quantitative estimate of drug-likeness (QED) is 0.813. The van der Waals surface area contributed by atoms with Crippen LogP contribution in [0.2, 0.25) is 0 Å². The molecule has 4 heteroatoms. The molecule has 0 aliphatic carbocycles. The molecule has 0 bridgehead atoms. The van der Waals surface area contributed by atoms with Crippen LogP contribution in [0.25, 0.3) is 0 Å². The minimum atomic E-state index is -0.354. The molecule has 1 aliphatic rings. The fourth-order valence-electron chi connectivity index (χ4n) is 2.42. The second kappa shape index (κ2) is 6.21. The summed E-state index contributed by atoms with van der Waals surface area (Å²) in [5.74, 6) is 0.636. The maximum Gasteiger partial charge on any atom is 0.246 e. The van der Waals surface area contributed by atoms with Crippen molar-refractivity contribution in [3.63, 3.8) is 0 Å². The molecule has 18 heavy (non-hydrogen) atoms. The molecule has 1 heterocycles. The highest BCUT2D eigenvalue weighted by Gasteiger charge is 2.41. The minimum absolute atomic E-state index is 0.00968. The van der Waals surface area contributed by atoms with Crippen molar-refractivity contribution in [2.24, 2.45) is 11.8 Å². The van der Waals surface area contributed by atoms with E-state index < -0.39 is 0 Å². The Morgan fingerprint density at radius 3 is 2.28 bits per heavy atom. The zero-order valence-electron chi connectivity index (χ0n) is 12.2. The van der Waals surface area contributed by atoms with Crippen LogP contribution in [0.3, 0.4) is 0 Å². The number of carbonyl (C=O) groups excluding carboxylic acids is 2. The zero-order chi connectivity index (χ0) is 13.9. The molecule has 0 aromatic rings. The Morgan fingerprint density at radius 1 is 1.22 bits per heavy atom. The molecule has 0 saturated carbocycles. The van der Waals surface area contributed by atoms with E-state index in [0.717, 1.165) is 12.8 Å². The van der Waals surface area contributed by atoms with Gasteiger partial charge in [-0.15, -0.1) is 0 Å². The van der Waals surface area contributed by atoms with Crippen molar-refractivity contribution in [1.29, 1.82) is 0 Å². The van der Waals surface area contributed by atoms with Gasteiger partial charge in [-0.05, 0) is 24.7 Å². The lowest BCUT2D eigenvalue weighted by Crippen LogP contribution is -2.65. The van der Waals surface area contributed by atoms with Crippen molar-refractivity contribution >= 4 is 11.8 Å². The lowest BCUT2D eigenvalue weighted by Gasteiger charge is -2.40. The standard InChI is InChI=1S/C14H26N2O2/c1-6-7-16-11(8-9(2)3)13(17)15-12(10(4)5)14(16)18/h9-12H,6-8H2,1-5H3,(H,15,17). The van der Waals surface area contributed by atoms with Crippen LogP contribution >= 0.6 is 0 Å². The Labute approximate surface area is 110 Å². The largest absolute Gasteiger partial charge is 0.342 e. The SMILES string of the molecule is CCCN1C(=O)C(C(C)C)NC(=O)C1CC(C)C. The van der Waals surface area contributed by atoms with Crippen LogP contribution in [0.5, 0.6) is 0 Å². The predicted octanol–water partition coefficient (Wildman–Crippen LogP) is 1.79. The lowest BCUT2D eigenvalue weighted by atomic mass is 9.93. The maximum absolute atomic E-state index is 12.4. The summed E-state index contributed by atoms with van der Waals surface area (Å²) in [7, 11) is 0. The van der Waals surface area contributed by atoms with E-state index in [9.17, 15) is 9.59 Å². The third-order valence-corrected chi connectivity index (χ3v) is 3.35. The van der Waals surface area contributed by atoms with Crippen molar-refractivity contribution in [2.45, 2.75) is 59.5 Å². The van der Waals surface area contributed by atoms with E-state index in [-0.39, 0.29) is 29.8 Å². The third-order valence-electron chi connectivity index (χ3n) is 3.35. The Bertz CT molecular complexity index is 313. The van der Waals surface area contributed by atoms with Crippen LogP contribution in [0.15, 0.2) is 0 Å². The number of rotatable bonds is 5. The summed E-state index contributed by atoms with van der Waals surface area (Å²) >= 11 is 0. The van der Waals surface area contributed by atoms with Crippen molar-refractivity contribution < 1.29 is 9.59 Å². The molecule has 1 N–H and O–H groups in total. The molecular formula is C14H26N2O2. The van der Waals surface area contributed by atoms with Crippen LogP contribution < -0.4 is 5.32 Å². The summed E-state index contributed by atoms with van der Waals surface area (Å²) in [6.07, 6.45) is 1.63. The van der Waals surface area contributed by atoms with Gasteiger partial charge in [-0.3, -0.25) is 9.59 Å². The molecule has 1 aliphatic heterocycles. The smallest absolute Gasteiger partial charge is 0.246 e. The molecule has 2 atom stereocenters. The highest BCUT2D eigenvalue weighted by atomic mass is 16.2. The van der Waals surface area contributed by atoms with E-state index >= 15 is 0 Å². The molecule has 1 fully saturated rings. The number of hydrogen-bond acceptors (Lipinski definition) is 2. The van der Waals surface area contributed by atoms with E-state index in [2.05, 4.69) is 19.2 Å².